The quantitative estimate of drug-likeness (QED) is 0.857. The number of piperazine rings is 1. The molecule has 0 bridgehead atoms. The molecule has 1 amide bonds. The molecule has 1 heterocycles. The number of β-amino-alcohol motifs (C(OH)–C–C–N with tert-alkyl or cyclic N) is 1. The molecule has 1 aliphatic heterocycles. The van der Waals surface area contributed by atoms with E-state index in [2.05, 4.69) is 30.7 Å². The Labute approximate surface area is 145 Å². The summed E-state index contributed by atoms with van der Waals surface area (Å²) in [4.78, 5) is 18.7. The Kier molecular flexibility index (Phi) is 6.78. The average molecular weight is 333 g/mol. The van der Waals surface area contributed by atoms with Crippen molar-refractivity contribution >= 4 is 5.91 Å². The Hall–Kier alpha value is -1.43. The van der Waals surface area contributed by atoms with Crippen molar-refractivity contribution in [2.24, 2.45) is 0 Å². The largest absolute Gasteiger partial charge is 0.390 e. The first-order valence-corrected chi connectivity index (χ1v) is 8.81. The van der Waals surface area contributed by atoms with E-state index in [0.29, 0.717) is 24.6 Å². The summed E-state index contributed by atoms with van der Waals surface area (Å²) in [5.41, 5.74) is 1.90. The lowest BCUT2D eigenvalue weighted by molar-refractivity contribution is 0.0501. The van der Waals surface area contributed by atoms with Crippen LogP contribution in [0.3, 0.4) is 0 Å². The van der Waals surface area contributed by atoms with Gasteiger partial charge in [0.05, 0.1) is 6.10 Å². The first-order valence-electron chi connectivity index (χ1n) is 8.81. The Morgan fingerprint density at radius 2 is 1.75 bits per heavy atom. The number of aliphatic hydroxyl groups excluding tert-OH is 1. The van der Waals surface area contributed by atoms with Crippen LogP contribution in [0.2, 0.25) is 0 Å². The van der Waals surface area contributed by atoms with Crippen LogP contribution < -0.4 is 0 Å². The van der Waals surface area contributed by atoms with Crippen molar-refractivity contribution < 1.29 is 9.90 Å². The molecule has 1 unspecified atom stereocenters. The van der Waals surface area contributed by atoms with Crippen LogP contribution in [0.4, 0.5) is 0 Å². The molecule has 0 spiro atoms. The predicted molar refractivity (Wildman–Crippen MR) is 97.4 cm³/mol. The Morgan fingerprint density at radius 1 is 1.17 bits per heavy atom. The first-order chi connectivity index (χ1) is 11.4. The summed E-state index contributed by atoms with van der Waals surface area (Å²) in [6.45, 7) is 9.27. The van der Waals surface area contributed by atoms with E-state index in [1.54, 1.807) is 11.9 Å². The SMILES string of the molecule is CC(C)c1ccc(C(=O)N(C)CC(O)CN2CCN(C)CC2)cc1. The highest BCUT2D eigenvalue weighted by Crippen LogP contribution is 2.15. The Balaban J connectivity index is 1.84. The van der Waals surface area contributed by atoms with E-state index >= 15 is 0 Å². The molecular weight excluding hydrogens is 302 g/mol. The molecule has 1 aromatic carbocycles. The molecule has 24 heavy (non-hydrogen) atoms. The average Bonchev–Trinajstić information content (AvgIpc) is 2.56. The molecule has 5 heteroatoms. The van der Waals surface area contributed by atoms with Crippen molar-refractivity contribution in [3.63, 3.8) is 0 Å². The van der Waals surface area contributed by atoms with E-state index in [1.807, 2.05) is 24.3 Å². The molecule has 1 aliphatic rings. The van der Waals surface area contributed by atoms with Crippen molar-refractivity contribution in [1.29, 1.82) is 0 Å². The second-order valence-electron chi connectivity index (χ2n) is 7.22. The lowest BCUT2D eigenvalue weighted by Crippen LogP contribution is -2.49. The van der Waals surface area contributed by atoms with E-state index in [9.17, 15) is 9.90 Å². The zero-order valence-electron chi connectivity index (χ0n) is 15.4. The summed E-state index contributed by atoms with van der Waals surface area (Å²) in [6.07, 6.45) is -0.516. The molecule has 1 saturated heterocycles. The van der Waals surface area contributed by atoms with E-state index in [4.69, 9.17) is 0 Å². The molecule has 1 N–H and O–H groups in total. The van der Waals surface area contributed by atoms with Crippen LogP contribution >= 0.6 is 0 Å². The molecule has 1 atom stereocenters. The zero-order chi connectivity index (χ0) is 17.7. The van der Waals surface area contributed by atoms with Crippen LogP contribution in [0.15, 0.2) is 24.3 Å². The number of nitrogens with zero attached hydrogens (tertiary/aromatic N) is 3. The number of likely N-dealkylation sites (N-methyl/N-ethyl adjacent to an activating group) is 2. The minimum absolute atomic E-state index is 0.0391. The van der Waals surface area contributed by atoms with E-state index in [1.165, 1.54) is 5.56 Å². The fraction of sp³-hybridized carbons (Fsp3) is 0.632. The van der Waals surface area contributed by atoms with Gasteiger partial charge in [-0.1, -0.05) is 26.0 Å². The normalized spacial score (nSPS) is 17.9. The zero-order valence-corrected chi connectivity index (χ0v) is 15.4. The van der Waals surface area contributed by atoms with Gasteiger partial charge in [-0.3, -0.25) is 9.69 Å². The van der Waals surface area contributed by atoms with Gasteiger partial charge >= 0.3 is 0 Å². The lowest BCUT2D eigenvalue weighted by atomic mass is 10.0. The summed E-state index contributed by atoms with van der Waals surface area (Å²) >= 11 is 0. The maximum atomic E-state index is 12.5. The fourth-order valence-corrected chi connectivity index (χ4v) is 3.02. The standard InChI is InChI=1S/C19H31N3O2/c1-15(2)16-5-7-17(8-6-16)19(24)21(4)13-18(23)14-22-11-9-20(3)10-12-22/h5-8,15,18,23H,9-14H2,1-4H3. The highest BCUT2D eigenvalue weighted by molar-refractivity contribution is 5.94. The number of hydrogen-bond acceptors (Lipinski definition) is 4. The van der Waals surface area contributed by atoms with Crippen LogP contribution in [-0.4, -0.2) is 85.2 Å². The van der Waals surface area contributed by atoms with Gasteiger partial charge in [-0.05, 0) is 30.7 Å². The third-order valence-corrected chi connectivity index (χ3v) is 4.72. The van der Waals surface area contributed by atoms with Gasteiger partial charge < -0.3 is 14.9 Å². The van der Waals surface area contributed by atoms with Crippen LogP contribution in [0, 0.1) is 0 Å². The van der Waals surface area contributed by atoms with Gasteiger partial charge in [-0.2, -0.15) is 0 Å². The summed E-state index contributed by atoms with van der Waals surface area (Å²) in [5, 5.41) is 10.3. The first kappa shape index (κ1) is 18.9. The summed E-state index contributed by atoms with van der Waals surface area (Å²) < 4.78 is 0. The number of aliphatic hydroxyl groups is 1. The van der Waals surface area contributed by atoms with Crippen molar-refractivity contribution in [1.82, 2.24) is 14.7 Å². The highest BCUT2D eigenvalue weighted by atomic mass is 16.3. The second kappa shape index (κ2) is 8.60. The van der Waals surface area contributed by atoms with Crippen molar-refractivity contribution in [3.8, 4) is 0 Å². The topological polar surface area (TPSA) is 47.0 Å². The van der Waals surface area contributed by atoms with E-state index in [0.717, 1.165) is 26.2 Å². The van der Waals surface area contributed by atoms with Crippen LogP contribution in [0.1, 0.15) is 35.7 Å². The molecule has 134 valence electrons. The van der Waals surface area contributed by atoms with Gasteiger partial charge in [-0.25, -0.2) is 0 Å². The molecule has 5 nitrogen and oxygen atoms in total. The molecular formula is C19H31N3O2. The third kappa shape index (κ3) is 5.30. The molecule has 1 aromatic rings. The molecule has 0 aromatic heterocycles. The Morgan fingerprint density at radius 3 is 2.29 bits per heavy atom. The minimum atomic E-state index is -0.516. The van der Waals surface area contributed by atoms with Gasteiger partial charge in [-0.15, -0.1) is 0 Å². The number of hydrogen-bond donors (Lipinski definition) is 1. The maximum absolute atomic E-state index is 12.5. The molecule has 0 radical (unpaired) electrons. The van der Waals surface area contributed by atoms with Gasteiger partial charge in [0.25, 0.3) is 5.91 Å². The summed E-state index contributed by atoms with van der Waals surface area (Å²) in [5.74, 6) is 0.417. The second-order valence-corrected chi connectivity index (χ2v) is 7.22. The van der Waals surface area contributed by atoms with Gasteiger partial charge in [0.15, 0.2) is 0 Å². The molecule has 0 aliphatic carbocycles. The van der Waals surface area contributed by atoms with Crippen LogP contribution in [0.5, 0.6) is 0 Å². The van der Waals surface area contributed by atoms with Crippen molar-refractivity contribution in [3.05, 3.63) is 35.4 Å². The van der Waals surface area contributed by atoms with Crippen molar-refractivity contribution in [2.75, 3.05) is 53.4 Å². The number of benzene rings is 1. The van der Waals surface area contributed by atoms with Gasteiger partial charge in [0.2, 0.25) is 0 Å². The molecule has 1 fully saturated rings. The molecule has 0 saturated carbocycles. The van der Waals surface area contributed by atoms with Crippen LogP contribution in [-0.2, 0) is 0 Å². The van der Waals surface area contributed by atoms with E-state index in [-0.39, 0.29) is 5.91 Å². The minimum Gasteiger partial charge on any atom is -0.390 e. The third-order valence-electron chi connectivity index (χ3n) is 4.72. The number of carbonyl (C=O) groups excluding carboxylic acids is 1. The Bertz CT molecular complexity index is 522. The highest BCUT2D eigenvalue weighted by Gasteiger charge is 2.20. The smallest absolute Gasteiger partial charge is 0.253 e. The lowest BCUT2D eigenvalue weighted by Gasteiger charge is -2.34. The van der Waals surface area contributed by atoms with Crippen molar-refractivity contribution in [2.45, 2.75) is 25.9 Å². The number of rotatable bonds is 6. The monoisotopic (exact) mass is 333 g/mol. The van der Waals surface area contributed by atoms with Gasteiger partial charge in [0.1, 0.15) is 0 Å². The number of carbonyl (C=O) groups is 1. The maximum Gasteiger partial charge on any atom is 0.253 e. The van der Waals surface area contributed by atoms with E-state index < -0.39 is 6.10 Å². The fourth-order valence-electron chi connectivity index (χ4n) is 3.02. The predicted octanol–water partition coefficient (Wildman–Crippen LogP) is 1.49. The summed E-state index contributed by atoms with van der Waals surface area (Å²) in [6, 6.07) is 7.76. The molecule has 2 rings (SSSR count). The van der Waals surface area contributed by atoms with Gasteiger partial charge in [0, 0.05) is 51.9 Å². The number of amides is 1. The van der Waals surface area contributed by atoms with Crippen LogP contribution in [0.25, 0.3) is 0 Å². The summed E-state index contributed by atoms with van der Waals surface area (Å²) in [7, 11) is 3.87.